The summed E-state index contributed by atoms with van der Waals surface area (Å²) in [6.07, 6.45) is 0.468. The van der Waals surface area contributed by atoms with Gasteiger partial charge in [-0.25, -0.2) is 4.39 Å². The van der Waals surface area contributed by atoms with Gasteiger partial charge < -0.3 is 25.8 Å². The van der Waals surface area contributed by atoms with Crippen molar-refractivity contribution in [2.75, 3.05) is 55.3 Å². The maximum atomic E-state index is 13.8. The van der Waals surface area contributed by atoms with E-state index in [0.29, 0.717) is 28.9 Å². The quantitative estimate of drug-likeness (QED) is 0.428. The van der Waals surface area contributed by atoms with E-state index in [-0.39, 0.29) is 11.8 Å². The first-order chi connectivity index (χ1) is 18.0. The first-order valence-electron chi connectivity index (χ1n) is 12.5. The number of halogens is 1. The molecular weight excluding hydrogens is 469 g/mol. The molecule has 0 unspecified atom stereocenters. The van der Waals surface area contributed by atoms with Crippen LogP contribution >= 0.6 is 0 Å². The second-order valence-corrected chi connectivity index (χ2v) is 9.23. The summed E-state index contributed by atoms with van der Waals surface area (Å²) in [4.78, 5) is 29.7. The van der Waals surface area contributed by atoms with Gasteiger partial charge in [0.1, 0.15) is 5.82 Å². The van der Waals surface area contributed by atoms with Crippen molar-refractivity contribution in [2.45, 2.75) is 6.42 Å². The Morgan fingerprint density at radius 3 is 2.49 bits per heavy atom. The number of fused-ring (bicyclic) bond motifs is 1. The minimum absolute atomic E-state index is 0.0674. The Kier molecular flexibility index (Phi) is 7.30. The van der Waals surface area contributed by atoms with Gasteiger partial charge >= 0.3 is 0 Å². The van der Waals surface area contributed by atoms with E-state index in [1.807, 2.05) is 54.6 Å². The predicted octanol–water partition coefficient (Wildman–Crippen LogP) is 4.02. The lowest BCUT2D eigenvalue weighted by atomic mass is 10.00. The van der Waals surface area contributed by atoms with E-state index in [4.69, 9.17) is 0 Å². The fourth-order valence-corrected chi connectivity index (χ4v) is 4.69. The molecule has 3 N–H and O–H groups in total. The van der Waals surface area contributed by atoms with Crippen molar-refractivity contribution < 1.29 is 14.0 Å². The van der Waals surface area contributed by atoms with E-state index < -0.39 is 5.82 Å². The predicted molar refractivity (Wildman–Crippen MR) is 146 cm³/mol. The number of piperazine rings is 1. The summed E-state index contributed by atoms with van der Waals surface area (Å²) in [5.41, 5.74) is 4.55. The first kappa shape index (κ1) is 24.7. The fourth-order valence-electron chi connectivity index (χ4n) is 4.69. The third-order valence-corrected chi connectivity index (χ3v) is 6.79. The number of rotatable bonds is 7. The minimum atomic E-state index is -0.406. The number of anilines is 3. The monoisotopic (exact) mass is 499 g/mol. The van der Waals surface area contributed by atoms with Crippen LogP contribution < -0.4 is 20.9 Å². The molecule has 2 aliphatic heterocycles. The Morgan fingerprint density at radius 2 is 1.76 bits per heavy atom. The molecule has 8 heteroatoms. The lowest BCUT2D eigenvalue weighted by molar-refractivity contribution is -0.118. The molecule has 1 saturated heterocycles. The maximum absolute atomic E-state index is 13.8. The van der Waals surface area contributed by atoms with Gasteiger partial charge in [-0.15, -0.1) is 0 Å². The van der Waals surface area contributed by atoms with Crippen LogP contribution in [0.15, 0.2) is 72.8 Å². The number of carbonyl (C=O) groups is 2. The van der Waals surface area contributed by atoms with Crippen LogP contribution in [0.4, 0.5) is 21.5 Å². The summed E-state index contributed by atoms with van der Waals surface area (Å²) < 4.78 is 13.8. The van der Waals surface area contributed by atoms with Crippen LogP contribution in [0.25, 0.3) is 11.3 Å². The smallest absolute Gasteiger partial charge is 0.258 e. The molecule has 3 aromatic rings. The number of amides is 2. The lowest BCUT2D eigenvalue weighted by Gasteiger charge is -2.27. The van der Waals surface area contributed by atoms with Crippen LogP contribution in [0.1, 0.15) is 17.5 Å². The SMILES string of the molecule is CN(C(=O)CCN1CCNCC1)c1ccc(NC(=C2C(=O)Nc3cc(F)ccc32)c2ccccc2)cc1. The van der Waals surface area contributed by atoms with Crippen molar-refractivity contribution in [2.24, 2.45) is 0 Å². The lowest BCUT2D eigenvalue weighted by Crippen LogP contribution is -2.44. The molecule has 0 aromatic heterocycles. The van der Waals surface area contributed by atoms with Gasteiger partial charge in [0.15, 0.2) is 0 Å². The first-order valence-corrected chi connectivity index (χ1v) is 12.5. The van der Waals surface area contributed by atoms with Crippen LogP contribution in [0.5, 0.6) is 0 Å². The molecule has 190 valence electrons. The van der Waals surface area contributed by atoms with Gasteiger partial charge in [0.25, 0.3) is 5.91 Å². The highest BCUT2D eigenvalue weighted by molar-refractivity contribution is 6.37. The standard InChI is InChI=1S/C29H30FN5O2/c1-34(26(36)13-16-35-17-14-31-15-18-35)23-10-8-22(9-11-23)32-28(20-5-3-2-4-6-20)27-24-12-7-21(30)19-25(24)33-29(27)37/h2-12,19,31-32H,13-18H2,1H3,(H,33,37). The number of hydrogen-bond donors (Lipinski definition) is 3. The number of nitrogens with one attached hydrogen (secondary N) is 3. The average molecular weight is 500 g/mol. The van der Waals surface area contributed by atoms with E-state index >= 15 is 0 Å². The molecule has 0 spiro atoms. The highest BCUT2D eigenvalue weighted by atomic mass is 19.1. The molecule has 0 radical (unpaired) electrons. The molecule has 0 atom stereocenters. The molecule has 2 amide bonds. The fraction of sp³-hybridized carbons (Fsp3) is 0.241. The third-order valence-electron chi connectivity index (χ3n) is 6.79. The van der Waals surface area contributed by atoms with Gasteiger partial charge in [-0.1, -0.05) is 30.3 Å². The maximum Gasteiger partial charge on any atom is 0.258 e. The number of benzene rings is 3. The number of hydrogen-bond acceptors (Lipinski definition) is 5. The second kappa shape index (κ2) is 10.9. The molecule has 2 heterocycles. The Hall–Kier alpha value is -4.01. The van der Waals surface area contributed by atoms with E-state index in [9.17, 15) is 14.0 Å². The zero-order chi connectivity index (χ0) is 25.8. The van der Waals surface area contributed by atoms with Crippen molar-refractivity contribution in [1.29, 1.82) is 0 Å². The molecule has 7 nitrogen and oxygen atoms in total. The molecule has 2 aliphatic rings. The Bertz CT molecular complexity index is 1320. The zero-order valence-corrected chi connectivity index (χ0v) is 20.8. The molecule has 3 aromatic carbocycles. The minimum Gasteiger partial charge on any atom is -0.354 e. The topological polar surface area (TPSA) is 76.7 Å². The zero-order valence-electron chi connectivity index (χ0n) is 20.8. The summed E-state index contributed by atoms with van der Waals surface area (Å²) >= 11 is 0. The van der Waals surface area contributed by atoms with Gasteiger partial charge in [-0.05, 0) is 48.0 Å². The van der Waals surface area contributed by atoms with E-state index in [2.05, 4.69) is 20.9 Å². The normalized spacial score (nSPS) is 16.6. The van der Waals surface area contributed by atoms with Gasteiger partial charge in [0.05, 0.1) is 17.0 Å². The number of nitrogens with zero attached hydrogens (tertiary/aromatic N) is 2. The molecule has 5 rings (SSSR count). The Morgan fingerprint density at radius 1 is 1.03 bits per heavy atom. The van der Waals surface area contributed by atoms with E-state index in [0.717, 1.165) is 49.7 Å². The molecular formula is C29H30FN5O2. The Balaban J connectivity index is 1.36. The summed E-state index contributed by atoms with van der Waals surface area (Å²) in [5.74, 6) is -0.632. The largest absolute Gasteiger partial charge is 0.354 e. The summed E-state index contributed by atoms with van der Waals surface area (Å²) in [7, 11) is 1.79. The van der Waals surface area contributed by atoms with Crippen molar-refractivity contribution in [3.8, 4) is 0 Å². The molecule has 0 saturated carbocycles. The summed E-state index contributed by atoms with van der Waals surface area (Å²) in [6.45, 7) is 4.61. The van der Waals surface area contributed by atoms with Crippen LogP contribution in [0, 0.1) is 5.82 Å². The average Bonchev–Trinajstić information content (AvgIpc) is 3.25. The van der Waals surface area contributed by atoms with Gasteiger partial charge in [0.2, 0.25) is 5.91 Å². The summed E-state index contributed by atoms with van der Waals surface area (Å²) in [6, 6.07) is 21.4. The van der Waals surface area contributed by atoms with Crippen molar-refractivity contribution in [3.63, 3.8) is 0 Å². The molecule has 1 fully saturated rings. The van der Waals surface area contributed by atoms with Gasteiger partial charge in [-0.2, -0.15) is 0 Å². The highest BCUT2D eigenvalue weighted by Crippen LogP contribution is 2.38. The van der Waals surface area contributed by atoms with Crippen LogP contribution in [0.3, 0.4) is 0 Å². The molecule has 0 bridgehead atoms. The summed E-state index contributed by atoms with van der Waals surface area (Å²) in [5, 5.41) is 9.49. The third kappa shape index (κ3) is 5.55. The number of carbonyl (C=O) groups excluding carboxylic acids is 2. The van der Waals surface area contributed by atoms with Gasteiger partial charge in [0, 0.05) is 63.1 Å². The van der Waals surface area contributed by atoms with Crippen molar-refractivity contribution >= 4 is 40.1 Å². The van der Waals surface area contributed by atoms with Crippen molar-refractivity contribution in [3.05, 3.63) is 89.7 Å². The highest BCUT2D eigenvalue weighted by Gasteiger charge is 2.28. The molecule has 0 aliphatic carbocycles. The van der Waals surface area contributed by atoms with Gasteiger partial charge in [-0.3, -0.25) is 9.59 Å². The van der Waals surface area contributed by atoms with Crippen LogP contribution in [0.2, 0.25) is 0 Å². The van der Waals surface area contributed by atoms with Crippen molar-refractivity contribution in [1.82, 2.24) is 10.2 Å². The Labute approximate surface area is 216 Å². The van der Waals surface area contributed by atoms with Crippen LogP contribution in [-0.4, -0.2) is 56.5 Å². The van der Waals surface area contributed by atoms with Crippen LogP contribution in [-0.2, 0) is 9.59 Å². The molecule has 37 heavy (non-hydrogen) atoms. The van der Waals surface area contributed by atoms with E-state index in [1.165, 1.54) is 12.1 Å². The van der Waals surface area contributed by atoms with E-state index in [1.54, 1.807) is 18.0 Å². The second-order valence-electron chi connectivity index (χ2n) is 9.23.